The Balaban J connectivity index is 1.68. The van der Waals surface area contributed by atoms with E-state index in [1.165, 1.54) is 0 Å². The number of hydrogen-bond acceptors (Lipinski definition) is 4. The maximum Gasteiger partial charge on any atom is 0.268 e. The molecule has 0 aliphatic carbocycles. The largest absolute Gasteiger partial charge is 0.347 e. The molecule has 1 fully saturated rings. The Bertz CT molecular complexity index is 755. The van der Waals surface area contributed by atoms with E-state index in [2.05, 4.69) is 15.3 Å². The van der Waals surface area contributed by atoms with E-state index < -0.39 is 0 Å². The normalized spacial score (nSPS) is 17.1. The van der Waals surface area contributed by atoms with Crippen LogP contribution in [0.15, 0.2) is 30.7 Å². The number of carbonyl (C=O) groups excluding carboxylic acids is 2. The standard InChI is InChI=1S/C17H21N5O2/c1-12(23)22-8-4-5-15(22)14-11-18-9-13(20-14)10-19-17(24)16-6-3-7-21(16)2/h3,6-7,9,11,15H,4-5,8,10H2,1-2H3,(H,19,24). The van der Waals surface area contributed by atoms with Gasteiger partial charge in [-0.3, -0.25) is 19.6 Å². The second kappa shape index (κ2) is 6.82. The fraction of sp³-hybridized carbons (Fsp3) is 0.412. The number of nitrogens with zero attached hydrogens (tertiary/aromatic N) is 4. The summed E-state index contributed by atoms with van der Waals surface area (Å²) in [6, 6.07) is 3.57. The van der Waals surface area contributed by atoms with Crippen molar-refractivity contribution < 1.29 is 9.59 Å². The molecule has 1 saturated heterocycles. The van der Waals surface area contributed by atoms with Crippen molar-refractivity contribution in [2.24, 2.45) is 7.05 Å². The predicted molar refractivity (Wildman–Crippen MR) is 88.0 cm³/mol. The maximum atomic E-state index is 12.1. The van der Waals surface area contributed by atoms with Crippen LogP contribution in [0.25, 0.3) is 0 Å². The number of hydrogen-bond donors (Lipinski definition) is 1. The summed E-state index contributed by atoms with van der Waals surface area (Å²) in [7, 11) is 1.83. The second-order valence-electron chi connectivity index (χ2n) is 5.99. The molecule has 0 radical (unpaired) electrons. The van der Waals surface area contributed by atoms with Crippen LogP contribution in [-0.2, 0) is 18.4 Å². The third kappa shape index (κ3) is 3.29. The van der Waals surface area contributed by atoms with Gasteiger partial charge in [0.2, 0.25) is 5.91 Å². The Kier molecular flexibility index (Phi) is 4.59. The van der Waals surface area contributed by atoms with Gasteiger partial charge in [-0.05, 0) is 25.0 Å². The Labute approximate surface area is 140 Å². The number of likely N-dealkylation sites (tertiary alicyclic amines) is 1. The van der Waals surface area contributed by atoms with E-state index in [0.29, 0.717) is 17.9 Å². The first-order valence-electron chi connectivity index (χ1n) is 8.04. The molecule has 1 unspecified atom stereocenters. The van der Waals surface area contributed by atoms with Gasteiger partial charge in [0.25, 0.3) is 5.91 Å². The van der Waals surface area contributed by atoms with E-state index in [1.54, 1.807) is 30.0 Å². The number of rotatable bonds is 4. The predicted octanol–water partition coefficient (Wildman–Crippen LogP) is 1.43. The van der Waals surface area contributed by atoms with Crippen LogP contribution in [-0.4, -0.2) is 37.8 Å². The highest BCUT2D eigenvalue weighted by atomic mass is 16.2. The molecule has 126 valence electrons. The average Bonchev–Trinajstić information content (AvgIpc) is 3.21. The van der Waals surface area contributed by atoms with E-state index in [1.807, 2.05) is 24.2 Å². The third-order valence-corrected chi connectivity index (χ3v) is 4.31. The van der Waals surface area contributed by atoms with Crippen LogP contribution in [0.3, 0.4) is 0 Å². The summed E-state index contributed by atoms with van der Waals surface area (Å²) in [5, 5.41) is 2.85. The quantitative estimate of drug-likeness (QED) is 0.921. The summed E-state index contributed by atoms with van der Waals surface area (Å²) in [6.07, 6.45) is 7.04. The third-order valence-electron chi connectivity index (χ3n) is 4.31. The highest BCUT2D eigenvalue weighted by Gasteiger charge is 2.29. The number of aromatic nitrogens is 3. The lowest BCUT2D eigenvalue weighted by Crippen LogP contribution is -2.29. The Morgan fingerprint density at radius 1 is 1.38 bits per heavy atom. The molecule has 1 N–H and O–H groups in total. The van der Waals surface area contributed by atoms with Gasteiger partial charge in [0, 0.05) is 26.7 Å². The van der Waals surface area contributed by atoms with Crippen LogP contribution in [0, 0.1) is 0 Å². The lowest BCUT2D eigenvalue weighted by Gasteiger charge is -2.22. The van der Waals surface area contributed by atoms with Crippen LogP contribution in [0.2, 0.25) is 0 Å². The number of carbonyl (C=O) groups is 2. The van der Waals surface area contributed by atoms with Crippen molar-refractivity contribution in [2.75, 3.05) is 6.54 Å². The monoisotopic (exact) mass is 327 g/mol. The zero-order valence-electron chi connectivity index (χ0n) is 13.9. The lowest BCUT2D eigenvalue weighted by atomic mass is 10.1. The Morgan fingerprint density at radius 3 is 2.92 bits per heavy atom. The minimum Gasteiger partial charge on any atom is -0.347 e. The van der Waals surface area contributed by atoms with Crippen molar-refractivity contribution in [1.29, 1.82) is 0 Å². The van der Waals surface area contributed by atoms with Crippen molar-refractivity contribution in [3.8, 4) is 0 Å². The molecule has 1 aliphatic heterocycles. The van der Waals surface area contributed by atoms with Crippen molar-refractivity contribution in [3.05, 3.63) is 47.8 Å². The van der Waals surface area contributed by atoms with Crippen molar-refractivity contribution in [1.82, 2.24) is 24.8 Å². The van der Waals surface area contributed by atoms with Gasteiger partial charge in [0.15, 0.2) is 0 Å². The van der Waals surface area contributed by atoms with E-state index in [-0.39, 0.29) is 17.9 Å². The fourth-order valence-corrected chi connectivity index (χ4v) is 3.08. The summed E-state index contributed by atoms with van der Waals surface area (Å²) < 4.78 is 1.76. The van der Waals surface area contributed by atoms with Gasteiger partial charge in [-0.1, -0.05) is 0 Å². The van der Waals surface area contributed by atoms with Crippen LogP contribution < -0.4 is 5.32 Å². The molecule has 3 rings (SSSR count). The first-order chi connectivity index (χ1) is 11.6. The summed E-state index contributed by atoms with van der Waals surface area (Å²) in [4.78, 5) is 34.5. The van der Waals surface area contributed by atoms with E-state index >= 15 is 0 Å². The van der Waals surface area contributed by atoms with Crippen molar-refractivity contribution in [3.63, 3.8) is 0 Å². The minimum absolute atomic E-state index is 0.0153. The minimum atomic E-state index is -0.152. The molecular weight excluding hydrogens is 306 g/mol. The second-order valence-corrected chi connectivity index (χ2v) is 5.99. The van der Waals surface area contributed by atoms with Crippen LogP contribution in [0.5, 0.6) is 0 Å². The molecule has 0 aromatic carbocycles. The maximum absolute atomic E-state index is 12.1. The molecule has 24 heavy (non-hydrogen) atoms. The van der Waals surface area contributed by atoms with Crippen LogP contribution in [0.1, 0.15) is 47.7 Å². The van der Waals surface area contributed by atoms with Gasteiger partial charge in [-0.15, -0.1) is 0 Å². The van der Waals surface area contributed by atoms with Gasteiger partial charge in [-0.2, -0.15) is 0 Å². The van der Waals surface area contributed by atoms with Gasteiger partial charge < -0.3 is 14.8 Å². The van der Waals surface area contributed by atoms with E-state index in [0.717, 1.165) is 25.1 Å². The fourth-order valence-electron chi connectivity index (χ4n) is 3.08. The molecule has 3 heterocycles. The molecule has 1 aliphatic rings. The molecule has 0 saturated carbocycles. The lowest BCUT2D eigenvalue weighted by molar-refractivity contribution is -0.129. The average molecular weight is 327 g/mol. The highest BCUT2D eigenvalue weighted by molar-refractivity contribution is 5.92. The van der Waals surface area contributed by atoms with Gasteiger partial charge in [0.05, 0.1) is 36.4 Å². The van der Waals surface area contributed by atoms with Crippen LogP contribution in [0.4, 0.5) is 0 Å². The summed E-state index contributed by atoms with van der Waals surface area (Å²) in [6.45, 7) is 2.64. The summed E-state index contributed by atoms with van der Waals surface area (Å²) in [5.74, 6) is -0.0948. The Morgan fingerprint density at radius 2 is 2.21 bits per heavy atom. The first-order valence-corrected chi connectivity index (χ1v) is 8.04. The molecule has 2 amide bonds. The van der Waals surface area contributed by atoms with E-state index in [9.17, 15) is 9.59 Å². The molecule has 7 heteroatoms. The zero-order valence-corrected chi connectivity index (χ0v) is 13.9. The highest BCUT2D eigenvalue weighted by Crippen LogP contribution is 2.30. The smallest absolute Gasteiger partial charge is 0.268 e. The molecule has 0 bridgehead atoms. The molecule has 2 aromatic rings. The number of amides is 2. The number of nitrogens with one attached hydrogen (secondary N) is 1. The topological polar surface area (TPSA) is 80.1 Å². The molecule has 0 spiro atoms. The molecule has 2 aromatic heterocycles. The van der Waals surface area contributed by atoms with Crippen molar-refractivity contribution in [2.45, 2.75) is 32.4 Å². The molecule has 7 nitrogen and oxygen atoms in total. The van der Waals surface area contributed by atoms with E-state index in [4.69, 9.17) is 0 Å². The molecule has 1 atom stereocenters. The van der Waals surface area contributed by atoms with Crippen molar-refractivity contribution >= 4 is 11.8 Å². The van der Waals surface area contributed by atoms with Gasteiger partial charge >= 0.3 is 0 Å². The first kappa shape index (κ1) is 16.2. The SMILES string of the molecule is CC(=O)N1CCCC1c1cncc(CNC(=O)c2cccn2C)n1. The summed E-state index contributed by atoms with van der Waals surface area (Å²) in [5.41, 5.74) is 2.07. The summed E-state index contributed by atoms with van der Waals surface area (Å²) >= 11 is 0. The van der Waals surface area contributed by atoms with Gasteiger partial charge in [-0.25, -0.2) is 0 Å². The Hall–Kier alpha value is -2.70. The molecular formula is C17H21N5O2. The van der Waals surface area contributed by atoms with Crippen LogP contribution >= 0.6 is 0 Å². The number of aryl methyl sites for hydroxylation is 1. The van der Waals surface area contributed by atoms with Gasteiger partial charge in [0.1, 0.15) is 5.69 Å². The zero-order chi connectivity index (χ0) is 17.1.